The van der Waals surface area contributed by atoms with E-state index in [1.165, 1.54) is 141 Å². The zero-order valence-corrected chi connectivity index (χ0v) is 45.8. The van der Waals surface area contributed by atoms with Crippen LogP contribution in [0, 0.1) is 0 Å². The minimum atomic E-state index is -0.797. The van der Waals surface area contributed by atoms with Gasteiger partial charge in [-0.2, -0.15) is 0 Å². The van der Waals surface area contributed by atoms with Crippen LogP contribution >= 0.6 is 0 Å². The maximum absolute atomic E-state index is 12.9. The van der Waals surface area contributed by atoms with Crippen LogP contribution < -0.4 is 0 Å². The van der Waals surface area contributed by atoms with Crippen LogP contribution in [0.3, 0.4) is 0 Å². The zero-order chi connectivity index (χ0) is 50.7. The maximum atomic E-state index is 12.9. The van der Waals surface area contributed by atoms with E-state index in [0.717, 1.165) is 89.9 Å². The number of hydrogen-bond donors (Lipinski definition) is 0. The first-order valence-corrected chi connectivity index (χ1v) is 29.3. The molecule has 0 aliphatic rings. The Kier molecular flexibility index (Phi) is 54.9. The smallest absolute Gasteiger partial charge is 0.306 e. The molecule has 6 nitrogen and oxygen atoms in total. The van der Waals surface area contributed by atoms with Gasteiger partial charge in [0.05, 0.1) is 0 Å². The van der Waals surface area contributed by atoms with Gasteiger partial charge < -0.3 is 14.2 Å². The highest BCUT2D eigenvalue weighted by molar-refractivity contribution is 5.71. The minimum absolute atomic E-state index is 0.0929. The van der Waals surface area contributed by atoms with Crippen LogP contribution in [0.5, 0.6) is 0 Å². The van der Waals surface area contributed by atoms with Crippen LogP contribution in [-0.4, -0.2) is 37.2 Å². The average Bonchev–Trinajstić information content (AvgIpc) is 3.36. The molecule has 0 fully saturated rings. The van der Waals surface area contributed by atoms with Crippen molar-refractivity contribution < 1.29 is 28.6 Å². The van der Waals surface area contributed by atoms with Gasteiger partial charge in [0.2, 0.25) is 0 Å². The molecule has 1 atom stereocenters. The largest absolute Gasteiger partial charge is 0.462 e. The topological polar surface area (TPSA) is 78.9 Å². The Balaban J connectivity index is 4.42. The molecule has 0 heterocycles. The predicted octanol–water partition coefficient (Wildman–Crippen LogP) is 19.7. The number of ether oxygens (including phenoxy) is 3. The van der Waals surface area contributed by atoms with Gasteiger partial charge in [-0.25, -0.2) is 0 Å². The van der Waals surface area contributed by atoms with Crippen LogP contribution in [0.4, 0.5) is 0 Å². The fourth-order valence-corrected chi connectivity index (χ4v) is 8.13. The molecule has 1 unspecified atom stereocenters. The van der Waals surface area contributed by atoms with Gasteiger partial charge in [0.25, 0.3) is 0 Å². The Bertz CT molecular complexity index is 1400. The van der Waals surface area contributed by atoms with Crippen molar-refractivity contribution in [3.8, 4) is 0 Å². The van der Waals surface area contributed by atoms with E-state index >= 15 is 0 Å². The molecule has 70 heavy (non-hydrogen) atoms. The molecule has 0 N–H and O–H groups in total. The molecule has 400 valence electrons. The Morgan fingerprint density at radius 3 is 1.06 bits per heavy atom. The molecule has 0 aromatic rings. The summed E-state index contributed by atoms with van der Waals surface area (Å²) in [7, 11) is 0. The summed E-state index contributed by atoms with van der Waals surface area (Å²) in [6, 6.07) is 0. The van der Waals surface area contributed by atoms with Crippen molar-refractivity contribution in [3.05, 3.63) is 97.2 Å². The molecule has 0 aromatic heterocycles. The number of carbonyl (C=O) groups is 3. The third-order valence-corrected chi connectivity index (χ3v) is 12.5. The molecular formula is C64H108O6. The Morgan fingerprint density at radius 1 is 0.314 bits per heavy atom. The lowest BCUT2D eigenvalue weighted by atomic mass is 10.0. The highest BCUT2D eigenvalue weighted by atomic mass is 16.6. The second-order valence-corrected chi connectivity index (χ2v) is 19.3. The van der Waals surface area contributed by atoms with Gasteiger partial charge in [-0.3, -0.25) is 14.4 Å². The summed E-state index contributed by atoms with van der Waals surface area (Å²) in [5, 5.41) is 0. The fraction of sp³-hybridized carbons (Fsp3) is 0.703. The van der Waals surface area contributed by atoms with Crippen LogP contribution in [0.25, 0.3) is 0 Å². The van der Waals surface area contributed by atoms with Crippen molar-refractivity contribution >= 4 is 17.9 Å². The molecular weight excluding hydrogens is 865 g/mol. The van der Waals surface area contributed by atoms with Crippen molar-refractivity contribution in [1.29, 1.82) is 0 Å². The standard InChI is InChI=1S/C64H108O6/c1-4-7-10-13-16-19-22-25-28-30-32-34-36-39-42-45-48-51-54-57-63(66)69-60-61(59-68-62(65)56-53-50-47-44-41-38-35-27-24-21-18-15-12-9-6-3)70-64(67)58-55-52-49-46-43-40-37-33-31-29-26-23-20-17-14-11-8-5-2/h7,9-10,12,15-16,18-19,21,24-25,27-28,35,38,41,61H,4-6,8,11,13-14,17,20,22-23,26,29-34,36-37,39-40,42-60H2,1-3H3/b10-7-,12-9-,18-15-,19-16-,24-21-,28-25-,35-27-,41-38-. The van der Waals surface area contributed by atoms with Gasteiger partial charge in [-0.15, -0.1) is 0 Å². The summed E-state index contributed by atoms with van der Waals surface area (Å²) in [6.07, 6.45) is 76.8. The molecule has 0 saturated carbocycles. The first-order chi connectivity index (χ1) is 34.5. The molecule has 0 saturated heterocycles. The van der Waals surface area contributed by atoms with E-state index in [4.69, 9.17) is 14.2 Å². The number of allylic oxidation sites excluding steroid dienone is 16. The van der Waals surface area contributed by atoms with Crippen LogP contribution in [-0.2, 0) is 28.6 Å². The normalized spacial score (nSPS) is 12.8. The highest BCUT2D eigenvalue weighted by Crippen LogP contribution is 2.16. The lowest BCUT2D eigenvalue weighted by molar-refractivity contribution is -0.167. The van der Waals surface area contributed by atoms with Gasteiger partial charge >= 0.3 is 17.9 Å². The quantitative estimate of drug-likeness (QED) is 0.0199. The van der Waals surface area contributed by atoms with E-state index in [2.05, 4.69) is 69.4 Å². The molecule has 6 heteroatoms. The first kappa shape index (κ1) is 66.3. The number of hydrogen-bond acceptors (Lipinski definition) is 6. The molecule has 0 aromatic carbocycles. The lowest BCUT2D eigenvalue weighted by Gasteiger charge is -2.18. The Hall–Kier alpha value is -3.67. The predicted molar refractivity (Wildman–Crippen MR) is 302 cm³/mol. The maximum Gasteiger partial charge on any atom is 0.306 e. The molecule has 0 aliphatic heterocycles. The molecule has 0 spiro atoms. The number of carbonyl (C=O) groups excluding carboxylic acids is 3. The second-order valence-electron chi connectivity index (χ2n) is 19.3. The van der Waals surface area contributed by atoms with Crippen molar-refractivity contribution in [2.75, 3.05) is 13.2 Å². The fourth-order valence-electron chi connectivity index (χ4n) is 8.13. The second kappa shape index (κ2) is 57.9. The van der Waals surface area contributed by atoms with E-state index in [1.807, 2.05) is 48.6 Å². The molecule has 0 amide bonds. The van der Waals surface area contributed by atoms with Crippen LogP contribution in [0.2, 0.25) is 0 Å². The van der Waals surface area contributed by atoms with Crippen LogP contribution in [0.1, 0.15) is 271 Å². The van der Waals surface area contributed by atoms with Crippen LogP contribution in [0.15, 0.2) is 97.2 Å². The summed E-state index contributed by atoms with van der Waals surface area (Å²) in [5.41, 5.74) is 0. The monoisotopic (exact) mass is 973 g/mol. The number of unbranched alkanes of at least 4 members (excludes halogenated alkanes) is 29. The van der Waals surface area contributed by atoms with Gasteiger partial charge in [-0.05, 0) is 70.6 Å². The van der Waals surface area contributed by atoms with Crippen molar-refractivity contribution in [2.24, 2.45) is 0 Å². The summed E-state index contributed by atoms with van der Waals surface area (Å²) < 4.78 is 16.9. The van der Waals surface area contributed by atoms with E-state index in [-0.39, 0.29) is 31.1 Å². The van der Waals surface area contributed by atoms with Crippen molar-refractivity contribution in [2.45, 2.75) is 277 Å². The third-order valence-electron chi connectivity index (χ3n) is 12.5. The zero-order valence-electron chi connectivity index (χ0n) is 45.8. The Labute approximate surface area is 432 Å². The van der Waals surface area contributed by atoms with E-state index in [9.17, 15) is 14.4 Å². The first-order valence-electron chi connectivity index (χ1n) is 29.3. The van der Waals surface area contributed by atoms with Gasteiger partial charge in [0.15, 0.2) is 6.10 Å². The molecule has 0 bridgehead atoms. The molecule has 0 radical (unpaired) electrons. The Morgan fingerprint density at radius 2 is 0.629 bits per heavy atom. The van der Waals surface area contributed by atoms with Gasteiger partial charge in [0.1, 0.15) is 13.2 Å². The summed E-state index contributed by atoms with van der Waals surface area (Å²) >= 11 is 0. The highest BCUT2D eigenvalue weighted by Gasteiger charge is 2.19. The van der Waals surface area contributed by atoms with Crippen molar-refractivity contribution in [1.82, 2.24) is 0 Å². The third kappa shape index (κ3) is 55.3. The van der Waals surface area contributed by atoms with Crippen molar-refractivity contribution in [3.63, 3.8) is 0 Å². The van der Waals surface area contributed by atoms with Gasteiger partial charge in [0, 0.05) is 19.3 Å². The lowest BCUT2D eigenvalue weighted by Crippen LogP contribution is -2.30. The summed E-state index contributed by atoms with van der Waals surface area (Å²) in [4.78, 5) is 38.2. The summed E-state index contributed by atoms with van der Waals surface area (Å²) in [5.74, 6) is -0.933. The molecule has 0 rings (SSSR count). The average molecular weight is 974 g/mol. The van der Waals surface area contributed by atoms with E-state index in [1.54, 1.807) is 0 Å². The summed E-state index contributed by atoms with van der Waals surface area (Å²) in [6.45, 7) is 6.37. The number of rotatable bonds is 52. The van der Waals surface area contributed by atoms with E-state index < -0.39 is 6.10 Å². The minimum Gasteiger partial charge on any atom is -0.462 e. The van der Waals surface area contributed by atoms with E-state index in [0.29, 0.717) is 19.3 Å². The SMILES string of the molecule is CC\C=C/C=C\C=C/C=C\C=C/CCCCCC(=O)OCC(COC(=O)CCCCCCCCCCC/C=C\C/C=C\C/C=C\CC)OC(=O)CCCCCCCCCCCCCCCCCCCC. The number of esters is 3. The van der Waals surface area contributed by atoms with Gasteiger partial charge in [-0.1, -0.05) is 279 Å². The molecule has 0 aliphatic carbocycles.